The van der Waals surface area contributed by atoms with E-state index in [1.807, 2.05) is 14.0 Å². The van der Waals surface area contributed by atoms with Crippen LogP contribution in [0.2, 0.25) is 0 Å². The lowest BCUT2D eigenvalue weighted by Crippen LogP contribution is -2.23. The minimum absolute atomic E-state index is 0.818. The first-order valence-electron chi connectivity index (χ1n) is 4.35. The summed E-state index contributed by atoms with van der Waals surface area (Å²) >= 11 is 0. The molecule has 68 valence electrons. The summed E-state index contributed by atoms with van der Waals surface area (Å²) in [5, 5.41) is 6.39. The van der Waals surface area contributed by atoms with Crippen molar-refractivity contribution < 1.29 is 4.74 Å². The van der Waals surface area contributed by atoms with E-state index in [2.05, 4.69) is 10.6 Å². The summed E-state index contributed by atoms with van der Waals surface area (Å²) < 4.78 is 5.16. The highest BCUT2D eigenvalue weighted by atomic mass is 16.5. The Kier molecular flexibility index (Phi) is 9.77. The van der Waals surface area contributed by atoms with Gasteiger partial charge in [0.05, 0.1) is 6.61 Å². The molecule has 0 saturated carbocycles. The molecule has 3 heteroatoms. The van der Waals surface area contributed by atoms with E-state index < -0.39 is 0 Å². The molecule has 0 amide bonds. The molecular formula is C8H20N2O. The highest BCUT2D eigenvalue weighted by molar-refractivity contribution is 4.48. The van der Waals surface area contributed by atoms with Crippen LogP contribution in [0, 0.1) is 0 Å². The quantitative estimate of drug-likeness (QED) is 0.498. The Balaban J connectivity index is 2.69. The molecule has 0 aromatic carbocycles. The third-order valence-corrected chi connectivity index (χ3v) is 1.41. The highest BCUT2D eigenvalue weighted by Crippen LogP contribution is 1.73. The van der Waals surface area contributed by atoms with E-state index >= 15 is 0 Å². The van der Waals surface area contributed by atoms with Crippen LogP contribution in [0.1, 0.15) is 13.3 Å². The maximum Gasteiger partial charge on any atom is 0.0590 e. The van der Waals surface area contributed by atoms with Crippen molar-refractivity contribution in [2.75, 3.05) is 39.9 Å². The Labute approximate surface area is 69.5 Å². The van der Waals surface area contributed by atoms with Gasteiger partial charge in [-0.25, -0.2) is 0 Å². The first-order chi connectivity index (χ1) is 5.41. The van der Waals surface area contributed by atoms with Crippen molar-refractivity contribution in [3.63, 3.8) is 0 Å². The predicted octanol–water partition coefficient (Wildman–Crippen LogP) is 0.222. The molecule has 0 atom stereocenters. The summed E-state index contributed by atoms with van der Waals surface area (Å²) in [6, 6.07) is 0. The fourth-order valence-corrected chi connectivity index (χ4v) is 0.804. The van der Waals surface area contributed by atoms with E-state index in [-0.39, 0.29) is 0 Å². The molecule has 2 N–H and O–H groups in total. The van der Waals surface area contributed by atoms with Gasteiger partial charge in [-0.1, -0.05) is 0 Å². The molecule has 0 aliphatic rings. The van der Waals surface area contributed by atoms with Crippen molar-refractivity contribution in [2.45, 2.75) is 13.3 Å². The van der Waals surface area contributed by atoms with Gasteiger partial charge in [-0.2, -0.15) is 0 Å². The Morgan fingerprint density at radius 2 is 2.00 bits per heavy atom. The maximum absolute atomic E-state index is 5.16. The predicted molar refractivity (Wildman–Crippen MR) is 47.9 cm³/mol. The second kappa shape index (κ2) is 9.88. The number of rotatable bonds is 8. The largest absolute Gasteiger partial charge is 0.380 e. The average Bonchev–Trinajstić information content (AvgIpc) is 2.03. The topological polar surface area (TPSA) is 33.3 Å². The Hall–Kier alpha value is -0.120. The van der Waals surface area contributed by atoms with Gasteiger partial charge < -0.3 is 15.4 Å². The Bertz CT molecular complexity index is 61.1. The number of ether oxygens (including phenoxy) is 1. The van der Waals surface area contributed by atoms with Crippen molar-refractivity contribution in [1.29, 1.82) is 0 Å². The first-order valence-corrected chi connectivity index (χ1v) is 4.35. The van der Waals surface area contributed by atoms with E-state index in [0.29, 0.717) is 0 Å². The second-order valence-corrected chi connectivity index (χ2v) is 2.40. The van der Waals surface area contributed by atoms with Crippen LogP contribution in [0.5, 0.6) is 0 Å². The van der Waals surface area contributed by atoms with Gasteiger partial charge in [0.25, 0.3) is 0 Å². The Morgan fingerprint density at radius 1 is 1.18 bits per heavy atom. The molecule has 11 heavy (non-hydrogen) atoms. The minimum atomic E-state index is 0.818. The fraction of sp³-hybridized carbons (Fsp3) is 1.00. The third-order valence-electron chi connectivity index (χ3n) is 1.41. The smallest absolute Gasteiger partial charge is 0.0590 e. The van der Waals surface area contributed by atoms with Gasteiger partial charge in [0, 0.05) is 13.2 Å². The van der Waals surface area contributed by atoms with Gasteiger partial charge in [-0.3, -0.25) is 0 Å². The van der Waals surface area contributed by atoms with Crippen LogP contribution in [0.4, 0.5) is 0 Å². The van der Waals surface area contributed by atoms with Crippen LogP contribution in [0.15, 0.2) is 0 Å². The second-order valence-electron chi connectivity index (χ2n) is 2.40. The Morgan fingerprint density at radius 3 is 2.64 bits per heavy atom. The molecule has 0 aliphatic heterocycles. The van der Waals surface area contributed by atoms with Gasteiger partial charge in [-0.05, 0) is 33.5 Å². The standard InChI is InChI=1S/C8H20N2O/c1-3-11-8-7-10-6-4-5-9-2/h9-10H,3-8H2,1-2H3. The van der Waals surface area contributed by atoms with Gasteiger partial charge in [0.1, 0.15) is 0 Å². The number of hydrogen-bond acceptors (Lipinski definition) is 3. The molecular weight excluding hydrogens is 140 g/mol. The lowest BCUT2D eigenvalue weighted by Gasteiger charge is -2.03. The van der Waals surface area contributed by atoms with Crippen molar-refractivity contribution in [1.82, 2.24) is 10.6 Å². The molecule has 0 saturated heterocycles. The molecule has 0 radical (unpaired) electrons. The lowest BCUT2D eigenvalue weighted by atomic mass is 10.4. The fourth-order valence-electron chi connectivity index (χ4n) is 0.804. The zero-order valence-electron chi connectivity index (χ0n) is 7.65. The summed E-state index contributed by atoms with van der Waals surface area (Å²) in [5.74, 6) is 0. The molecule has 3 nitrogen and oxygen atoms in total. The zero-order chi connectivity index (χ0) is 8.36. The third kappa shape index (κ3) is 9.88. The maximum atomic E-state index is 5.16. The van der Waals surface area contributed by atoms with Crippen LogP contribution >= 0.6 is 0 Å². The van der Waals surface area contributed by atoms with E-state index in [1.165, 1.54) is 6.42 Å². The van der Waals surface area contributed by atoms with Crippen LogP contribution in [0.3, 0.4) is 0 Å². The SMILES string of the molecule is CCOCCNCCCNC. The molecule has 0 spiro atoms. The van der Waals surface area contributed by atoms with Gasteiger partial charge in [0.2, 0.25) is 0 Å². The molecule has 0 bridgehead atoms. The summed E-state index contributed by atoms with van der Waals surface area (Å²) in [6.07, 6.45) is 1.18. The van der Waals surface area contributed by atoms with Crippen LogP contribution in [-0.2, 0) is 4.74 Å². The van der Waals surface area contributed by atoms with Crippen LogP contribution < -0.4 is 10.6 Å². The normalized spacial score (nSPS) is 10.4. The van der Waals surface area contributed by atoms with E-state index in [0.717, 1.165) is 32.8 Å². The molecule has 0 rings (SSSR count). The number of nitrogens with one attached hydrogen (secondary N) is 2. The first kappa shape index (κ1) is 10.9. The van der Waals surface area contributed by atoms with Crippen molar-refractivity contribution >= 4 is 0 Å². The van der Waals surface area contributed by atoms with E-state index in [4.69, 9.17) is 4.74 Å². The lowest BCUT2D eigenvalue weighted by molar-refractivity contribution is 0.149. The summed E-state index contributed by atoms with van der Waals surface area (Å²) in [7, 11) is 1.97. The molecule has 0 aliphatic carbocycles. The average molecular weight is 160 g/mol. The number of hydrogen-bond donors (Lipinski definition) is 2. The molecule has 0 unspecified atom stereocenters. The minimum Gasteiger partial charge on any atom is -0.380 e. The molecule has 0 aromatic rings. The van der Waals surface area contributed by atoms with Crippen molar-refractivity contribution in [3.05, 3.63) is 0 Å². The molecule has 0 heterocycles. The van der Waals surface area contributed by atoms with Crippen molar-refractivity contribution in [3.8, 4) is 0 Å². The van der Waals surface area contributed by atoms with Crippen molar-refractivity contribution in [2.24, 2.45) is 0 Å². The monoisotopic (exact) mass is 160 g/mol. The summed E-state index contributed by atoms with van der Waals surface area (Å²) in [5.41, 5.74) is 0. The van der Waals surface area contributed by atoms with E-state index in [1.54, 1.807) is 0 Å². The van der Waals surface area contributed by atoms with Gasteiger partial charge in [0.15, 0.2) is 0 Å². The van der Waals surface area contributed by atoms with E-state index in [9.17, 15) is 0 Å². The van der Waals surface area contributed by atoms with Crippen LogP contribution in [0.25, 0.3) is 0 Å². The molecule has 0 aromatic heterocycles. The van der Waals surface area contributed by atoms with Gasteiger partial charge in [-0.15, -0.1) is 0 Å². The summed E-state index contributed by atoms with van der Waals surface area (Å²) in [4.78, 5) is 0. The van der Waals surface area contributed by atoms with Gasteiger partial charge >= 0.3 is 0 Å². The molecule has 0 fully saturated rings. The zero-order valence-corrected chi connectivity index (χ0v) is 7.65. The summed E-state index contributed by atoms with van der Waals surface area (Å²) in [6.45, 7) is 6.79. The van der Waals surface area contributed by atoms with Crippen LogP contribution in [-0.4, -0.2) is 39.9 Å². The highest BCUT2D eigenvalue weighted by Gasteiger charge is 1.86.